The number of carboxylic acid groups (broad SMARTS) is 1. The van der Waals surface area contributed by atoms with E-state index in [-0.39, 0.29) is 23.7 Å². The van der Waals surface area contributed by atoms with Crippen LogP contribution in [0.5, 0.6) is 0 Å². The van der Waals surface area contributed by atoms with E-state index >= 15 is 0 Å². The van der Waals surface area contributed by atoms with Gasteiger partial charge in [-0.3, -0.25) is 0 Å². The summed E-state index contributed by atoms with van der Waals surface area (Å²) in [6.07, 6.45) is 0.200. The molecule has 1 aromatic carbocycles. The Kier molecular flexibility index (Phi) is 5.53. The van der Waals surface area contributed by atoms with E-state index in [0.29, 0.717) is 4.47 Å². The van der Waals surface area contributed by atoms with Crippen molar-refractivity contribution in [3.8, 4) is 6.07 Å². The van der Waals surface area contributed by atoms with Crippen LogP contribution in [-0.4, -0.2) is 35.1 Å². The normalized spacial score (nSPS) is 11.3. The van der Waals surface area contributed by atoms with E-state index in [0.717, 1.165) is 0 Å². The molecule has 20 heavy (non-hydrogen) atoms. The summed E-state index contributed by atoms with van der Waals surface area (Å²) in [6.45, 7) is 1.74. The van der Waals surface area contributed by atoms with Crippen LogP contribution in [0.1, 0.15) is 23.7 Å². The average molecular weight is 340 g/mol. The number of urea groups is 1. The van der Waals surface area contributed by atoms with Gasteiger partial charge in [0.15, 0.2) is 0 Å². The van der Waals surface area contributed by atoms with Crippen molar-refractivity contribution in [2.75, 3.05) is 12.4 Å². The molecule has 1 rings (SSSR count). The van der Waals surface area contributed by atoms with Gasteiger partial charge in [-0.25, -0.2) is 9.59 Å². The largest absolute Gasteiger partial charge is 0.478 e. The molecule has 1 atom stereocenters. The molecule has 0 bridgehead atoms. The first-order valence-electron chi connectivity index (χ1n) is 5.81. The number of nitriles is 1. The zero-order valence-electron chi connectivity index (χ0n) is 11.1. The van der Waals surface area contributed by atoms with Crippen LogP contribution in [0.15, 0.2) is 22.7 Å². The molecule has 0 aliphatic rings. The molecule has 2 amide bonds. The van der Waals surface area contributed by atoms with Crippen LogP contribution in [0.4, 0.5) is 10.5 Å². The van der Waals surface area contributed by atoms with Crippen molar-refractivity contribution < 1.29 is 14.7 Å². The zero-order valence-corrected chi connectivity index (χ0v) is 12.6. The van der Waals surface area contributed by atoms with Gasteiger partial charge in [-0.05, 0) is 35.0 Å². The van der Waals surface area contributed by atoms with E-state index in [9.17, 15) is 9.59 Å². The summed E-state index contributed by atoms with van der Waals surface area (Å²) in [5, 5.41) is 20.3. The number of nitrogens with one attached hydrogen (secondary N) is 1. The maximum Gasteiger partial charge on any atom is 0.337 e. The van der Waals surface area contributed by atoms with Crippen molar-refractivity contribution in [1.29, 1.82) is 5.26 Å². The molecule has 0 spiro atoms. The second kappa shape index (κ2) is 6.91. The maximum atomic E-state index is 12.0. The van der Waals surface area contributed by atoms with Gasteiger partial charge in [-0.2, -0.15) is 5.26 Å². The van der Waals surface area contributed by atoms with Crippen molar-refractivity contribution >= 4 is 33.6 Å². The average Bonchev–Trinajstić information content (AvgIpc) is 2.39. The lowest BCUT2D eigenvalue weighted by Gasteiger charge is -2.24. The van der Waals surface area contributed by atoms with Crippen LogP contribution in [0.2, 0.25) is 0 Å². The molecule has 0 saturated carbocycles. The van der Waals surface area contributed by atoms with E-state index in [1.54, 1.807) is 26.1 Å². The second-order valence-electron chi connectivity index (χ2n) is 4.22. The van der Waals surface area contributed by atoms with E-state index in [2.05, 4.69) is 21.2 Å². The highest BCUT2D eigenvalue weighted by atomic mass is 79.9. The number of anilines is 1. The van der Waals surface area contributed by atoms with Crippen LogP contribution in [0.3, 0.4) is 0 Å². The van der Waals surface area contributed by atoms with Crippen molar-refractivity contribution in [3.63, 3.8) is 0 Å². The molecule has 0 aromatic heterocycles. The van der Waals surface area contributed by atoms with Gasteiger partial charge in [0.2, 0.25) is 0 Å². The maximum absolute atomic E-state index is 12.0. The molecule has 0 heterocycles. The van der Waals surface area contributed by atoms with Crippen LogP contribution >= 0.6 is 15.9 Å². The number of aromatic carboxylic acids is 1. The van der Waals surface area contributed by atoms with Crippen LogP contribution in [0.25, 0.3) is 0 Å². The summed E-state index contributed by atoms with van der Waals surface area (Å²) in [6, 6.07) is 5.86. The summed E-state index contributed by atoms with van der Waals surface area (Å²) < 4.78 is 0.479. The Hall–Kier alpha value is -2.07. The van der Waals surface area contributed by atoms with Gasteiger partial charge in [-0.15, -0.1) is 0 Å². The Morgan fingerprint density at radius 3 is 2.75 bits per heavy atom. The predicted molar refractivity (Wildman–Crippen MR) is 77.6 cm³/mol. The monoisotopic (exact) mass is 339 g/mol. The van der Waals surface area contributed by atoms with Gasteiger partial charge in [0, 0.05) is 17.6 Å². The molecular formula is C13H14BrN3O3. The Morgan fingerprint density at radius 2 is 2.20 bits per heavy atom. The van der Waals surface area contributed by atoms with E-state index in [1.165, 1.54) is 11.0 Å². The fraction of sp³-hybridized carbons (Fsp3) is 0.308. The summed E-state index contributed by atoms with van der Waals surface area (Å²) in [7, 11) is 1.55. The van der Waals surface area contributed by atoms with Gasteiger partial charge in [-0.1, -0.05) is 6.07 Å². The topological polar surface area (TPSA) is 93.4 Å². The van der Waals surface area contributed by atoms with Crippen molar-refractivity contribution in [1.82, 2.24) is 4.90 Å². The zero-order chi connectivity index (χ0) is 15.3. The second-order valence-corrected chi connectivity index (χ2v) is 5.07. The Bertz CT molecular complexity index is 568. The lowest BCUT2D eigenvalue weighted by Crippen LogP contribution is -2.38. The molecule has 2 N–H and O–H groups in total. The van der Waals surface area contributed by atoms with Crippen LogP contribution in [0, 0.1) is 11.3 Å². The predicted octanol–water partition coefficient (Wildman–Crippen LogP) is 2.91. The first kappa shape index (κ1) is 16.0. The first-order valence-corrected chi connectivity index (χ1v) is 6.60. The van der Waals surface area contributed by atoms with E-state index in [4.69, 9.17) is 10.4 Å². The van der Waals surface area contributed by atoms with E-state index in [1.807, 2.05) is 6.07 Å². The number of carbonyl (C=O) groups excluding carboxylic acids is 1. The molecule has 7 heteroatoms. The summed E-state index contributed by atoms with van der Waals surface area (Å²) in [4.78, 5) is 24.5. The molecular weight excluding hydrogens is 326 g/mol. The number of para-hydroxylation sites is 1. The number of amides is 2. The number of hydrogen-bond donors (Lipinski definition) is 2. The number of rotatable bonds is 4. The van der Waals surface area contributed by atoms with E-state index < -0.39 is 12.0 Å². The number of benzene rings is 1. The number of nitrogens with zero attached hydrogens (tertiary/aromatic N) is 2. The van der Waals surface area contributed by atoms with Crippen LogP contribution < -0.4 is 5.32 Å². The quantitative estimate of drug-likeness (QED) is 0.881. The standard InChI is InChI=1S/C13H14BrN3O3/c1-8(6-7-15)17(2)13(20)16-11-9(12(18)19)4-3-5-10(11)14/h3-5,8H,6H2,1-2H3,(H,16,20)(H,18,19). The van der Waals surface area contributed by atoms with Crippen molar-refractivity contribution in [2.24, 2.45) is 0 Å². The number of halogens is 1. The minimum Gasteiger partial charge on any atom is -0.478 e. The lowest BCUT2D eigenvalue weighted by atomic mass is 10.2. The molecule has 106 valence electrons. The Balaban J connectivity index is 2.97. The Labute approximate surface area is 125 Å². The third-order valence-corrected chi connectivity index (χ3v) is 3.50. The van der Waals surface area contributed by atoms with Gasteiger partial charge in [0.25, 0.3) is 0 Å². The van der Waals surface area contributed by atoms with Crippen molar-refractivity contribution in [2.45, 2.75) is 19.4 Å². The highest BCUT2D eigenvalue weighted by Gasteiger charge is 2.19. The number of hydrogen-bond acceptors (Lipinski definition) is 3. The summed E-state index contributed by atoms with van der Waals surface area (Å²) >= 11 is 3.21. The minimum absolute atomic E-state index is 0.00550. The Morgan fingerprint density at radius 1 is 1.55 bits per heavy atom. The highest BCUT2D eigenvalue weighted by molar-refractivity contribution is 9.10. The lowest BCUT2D eigenvalue weighted by molar-refractivity contribution is 0.0698. The fourth-order valence-corrected chi connectivity index (χ4v) is 1.96. The minimum atomic E-state index is -1.13. The summed E-state index contributed by atoms with van der Waals surface area (Å²) in [5.74, 6) is -1.13. The summed E-state index contributed by atoms with van der Waals surface area (Å²) in [5.41, 5.74) is 0.190. The SMILES string of the molecule is CC(CC#N)N(C)C(=O)Nc1c(Br)cccc1C(=O)O. The highest BCUT2D eigenvalue weighted by Crippen LogP contribution is 2.27. The third kappa shape index (κ3) is 3.71. The van der Waals surface area contributed by atoms with Gasteiger partial charge >= 0.3 is 12.0 Å². The molecule has 0 aliphatic heterocycles. The molecule has 1 unspecified atom stereocenters. The molecule has 0 saturated heterocycles. The van der Waals surface area contributed by atoms with Crippen molar-refractivity contribution in [3.05, 3.63) is 28.2 Å². The smallest absolute Gasteiger partial charge is 0.337 e. The molecule has 6 nitrogen and oxygen atoms in total. The molecule has 1 aromatic rings. The van der Waals surface area contributed by atoms with Crippen LogP contribution in [-0.2, 0) is 0 Å². The number of carboxylic acids is 1. The molecule has 0 fully saturated rings. The fourth-order valence-electron chi connectivity index (χ4n) is 1.49. The molecule has 0 radical (unpaired) electrons. The number of carbonyl (C=O) groups is 2. The third-order valence-electron chi connectivity index (χ3n) is 2.84. The first-order chi connectivity index (χ1) is 9.38. The van der Waals surface area contributed by atoms with Gasteiger partial charge < -0.3 is 15.3 Å². The van der Waals surface area contributed by atoms with Gasteiger partial charge in [0.05, 0.1) is 23.7 Å². The van der Waals surface area contributed by atoms with Gasteiger partial charge in [0.1, 0.15) is 0 Å². The molecule has 0 aliphatic carbocycles.